The third-order valence-electron chi connectivity index (χ3n) is 2.49. The van der Waals surface area contributed by atoms with Crippen molar-refractivity contribution in [3.8, 4) is 0 Å². The summed E-state index contributed by atoms with van der Waals surface area (Å²) in [5.41, 5.74) is 0. The molecule has 0 aromatic rings. The van der Waals surface area contributed by atoms with E-state index in [4.69, 9.17) is 4.74 Å². The van der Waals surface area contributed by atoms with Crippen LogP contribution in [-0.4, -0.2) is 24.4 Å². The van der Waals surface area contributed by atoms with E-state index in [0.29, 0.717) is 11.8 Å². The molecule has 0 aliphatic carbocycles. The monoisotopic (exact) mass is 174 g/mol. The lowest BCUT2D eigenvalue weighted by atomic mass is 9.91. The van der Waals surface area contributed by atoms with Crippen LogP contribution in [0.25, 0.3) is 0 Å². The van der Waals surface area contributed by atoms with Crippen LogP contribution in [-0.2, 0) is 4.74 Å². The van der Waals surface area contributed by atoms with Crippen molar-refractivity contribution in [2.75, 3.05) is 7.11 Å². The smallest absolute Gasteiger partial charge is 0.0855 e. The highest BCUT2D eigenvalue weighted by Crippen LogP contribution is 2.18. The second kappa shape index (κ2) is 5.55. The van der Waals surface area contributed by atoms with Gasteiger partial charge >= 0.3 is 0 Å². The zero-order valence-electron chi connectivity index (χ0n) is 8.87. The molecular weight excluding hydrogens is 152 g/mol. The van der Waals surface area contributed by atoms with Crippen LogP contribution >= 0.6 is 0 Å². The van der Waals surface area contributed by atoms with Crippen LogP contribution in [0.1, 0.15) is 34.1 Å². The predicted octanol–water partition coefficient (Wildman–Crippen LogP) is 2.06. The number of aliphatic hydroxyl groups is 1. The Hall–Kier alpha value is -0.0800. The molecule has 0 aliphatic heterocycles. The van der Waals surface area contributed by atoms with Crippen molar-refractivity contribution in [2.24, 2.45) is 11.8 Å². The van der Waals surface area contributed by atoms with Crippen LogP contribution < -0.4 is 0 Å². The van der Waals surface area contributed by atoms with Gasteiger partial charge in [-0.2, -0.15) is 0 Å². The van der Waals surface area contributed by atoms with Gasteiger partial charge in [-0.15, -0.1) is 0 Å². The summed E-state index contributed by atoms with van der Waals surface area (Å²) in [6.45, 7) is 8.28. The minimum absolute atomic E-state index is 0.0278. The quantitative estimate of drug-likeness (QED) is 0.691. The zero-order chi connectivity index (χ0) is 9.72. The summed E-state index contributed by atoms with van der Waals surface area (Å²) in [5.74, 6) is 0.691. The van der Waals surface area contributed by atoms with Crippen LogP contribution in [0.15, 0.2) is 0 Å². The number of hydrogen-bond donors (Lipinski definition) is 1. The minimum atomic E-state index is -0.333. The molecule has 0 fully saturated rings. The molecule has 74 valence electrons. The van der Waals surface area contributed by atoms with Crippen LogP contribution in [0.4, 0.5) is 0 Å². The summed E-state index contributed by atoms with van der Waals surface area (Å²) >= 11 is 0. The number of hydrogen-bond acceptors (Lipinski definition) is 2. The summed E-state index contributed by atoms with van der Waals surface area (Å²) in [5, 5.41) is 9.82. The second-order valence-electron chi connectivity index (χ2n) is 3.82. The highest BCUT2D eigenvalue weighted by atomic mass is 16.5. The van der Waals surface area contributed by atoms with Crippen molar-refractivity contribution in [2.45, 2.75) is 46.3 Å². The van der Waals surface area contributed by atoms with Crippen LogP contribution in [0, 0.1) is 11.8 Å². The largest absolute Gasteiger partial charge is 0.390 e. The van der Waals surface area contributed by atoms with Crippen LogP contribution in [0.3, 0.4) is 0 Å². The van der Waals surface area contributed by atoms with Gasteiger partial charge in [-0.3, -0.25) is 0 Å². The van der Waals surface area contributed by atoms with Gasteiger partial charge in [0.25, 0.3) is 0 Å². The van der Waals surface area contributed by atoms with Crippen molar-refractivity contribution in [1.29, 1.82) is 0 Å². The molecule has 12 heavy (non-hydrogen) atoms. The fourth-order valence-corrected chi connectivity index (χ4v) is 1.37. The van der Waals surface area contributed by atoms with E-state index >= 15 is 0 Å². The third-order valence-corrected chi connectivity index (χ3v) is 2.49. The second-order valence-corrected chi connectivity index (χ2v) is 3.82. The molecule has 0 radical (unpaired) electrons. The van der Waals surface area contributed by atoms with E-state index in [1.165, 1.54) is 0 Å². The van der Waals surface area contributed by atoms with Gasteiger partial charge < -0.3 is 9.84 Å². The van der Waals surface area contributed by atoms with Gasteiger partial charge in [0.1, 0.15) is 0 Å². The van der Waals surface area contributed by atoms with Crippen molar-refractivity contribution >= 4 is 0 Å². The van der Waals surface area contributed by atoms with Crippen molar-refractivity contribution in [3.63, 3.8) is 0 Å². The summed E-state index contributed by atoms with van der Waals surface area (Å²) in [6.07, 6.45) is 0.633. The summed E-state index contributed by atoms with van der Waals surface area (Å²) in [6, 6.07) is 0. The molecule has 0 aromatic heterocycles. The first-order valence-electron chi connectivity index (χ1n) is 4.75. The van der Waals surface area contributed by atoms with Gasteiger partial charge in [0.05, 0.1) is 12.2 Å². The van der Waals surface area contributed by atoms with Crippen LogP contribution in [0.2, 0.25) is 0 Å². The van der Waals surface area contributed by atoms with Gasteiger partial charge in [0, 0.05) is 7.11 Å². The van der Waals surface area contributed by atoms with Crippen molar-refractivity contribution < 1.29 is 9.84 Å². The lowest BCUT2D eigenvalue weighted by molar-refractivity contribution is -0.0610. The molecule has 0 aromatic carbocycles. The fraction of sp³-hybridized carbons (Fsp3) is 1.00. The Labute approximate surface area is 75.9 Å². The third kappa shape index (κ3) is 3.11. The summed E-state index contributed by atoms with van der Waals surface area (Å²) < 4.78 is 5.25. The Morgan fingerprint density at radius 3 is 2.00 bits per heavy atom. The molecule has 0 saturated heterocycles. The lowest BCUT2D eigenvalue weighted by Gasteiger charge is -2.28. The van der Waals surface area contributed by atoms with Crippen molar-refractivity contribution in [1.82, 2.24) is 0 Å². The molecule has 1 N–H and O–H groups in total. The first-order valence-corrected chi connectivity index (χ1v) is 4.75. The Balaban J connectivity index is 4.10. The van der Waals surface area contributed by atoms with E-state index < -0.39 is 0 Å². The normalized spacial score (nSPS) is 19.2. The average molecular weight is 174 g/mol. The van der Waals surface area contributed by atoms with Crippen LogP contribution in [0.5, 0.6) is 0 Å². The molecule has 3 unspecified atom stereocenters. The minimum Gasteiger partial charge on any atom is -0.390 e. The van der Waals surface area contributed by atoms with E-state index in [1.54, 1.807) is 7.11 Å². The SMILES string of the molecule is CCC(C)C(O)C(OC)C(C)C. The molecule has 0 amide bonds. The molecule has 0 aliphatic rings. The average Bonchev–Trinajstić information content (AvgIpc) is 2.03. The highest BCUT2D eigenvalue weighted by molar-refractivity contribution is 4.75. The van der Waals surface area contributed by atoms with E-state index in [0.717, 1.165) is 6.42 Å². The Morgan fingerprint density at radius 1 is 1.25 bits per heavy atom. The maximum absolute atomic E-state index is 9.82. The Bertz CT molecular complexity index is 112. The lowest BCUT2D eigenvalue weighted by Crippen LogP contribution is -2.37. The van der Waals surface area contributed by atoms with Gasteiger partial charge in [-0.05, 0) is 11.8 Å². The predicted molar refractivity (Wildman–Crippen MR) is 51.1 cm³/mol. The zero-order valence-corrected chi connectivity index (χ0v) is 8.87. The number of aliphatic hydroxyl groups excluding tert-OH is 1. The summed E-state index contributed by atoms with van der Waals surface area (Å²) in [7, 11) is 1.66. The maximum atomic E-state index is 9.82. The van der Waals surface area contributed by atoms with E-state index in [-0.39, 0.29) is 12.2 Å². The molecule has 0 heterocycles. The van der Waals surface area contributed by atoms with Gasteiger partial charge in [-0.1, -0.05) is 34.1 Å². The number of rotatable bonds is 5. The first kappa shape index (κ1) is 11.9. The topological polar surface area (TPSA) is 29.5 Å². The molecule has 2 nitrogen and oxygen atoms in total. The van der Waals surface area contributed by atoms with Gasteiger partial charge in [-0.25, -0.2) is 0 Å². The fourth-order valence-electron chi connectivity index (χ4n) is 1.37. The van der Waals surface area contributed by atoms with Gasteiger partial charge in [0.2, 0.25) is 0 Å². The summed E-state index contributed by atoms with van der Waals surface area (Å²) in [4.78, 5) is 0. The molecular formula is C10H22O2. The highest BCUT2D eigenvalue weighted by Gasteiger charge is 2.25. The molecule has 0 bridgehead atoms. The van der Waals surface area contributed by atoms with E-state index in [9.17, 15) is 5.11 Å². The van der Waals surface area contributed by atoms with Gasteiger partial charge in [0.15, 0.2) is 0 Å². The molecule has 0 rings (SSSR count). The first-order chi connectivity index (χ1) is 5.54. The Morgan fingerprint density at radius 2 is 1.75 bits per heavy atom. The Kier molecular flexibility index (Phi) is 5.51. The molecule has 0 saturated carbocycles. The number of methoxy groups -OCH3 is 1. The van der Waals surface area contributed by atoms with E-state index in [2.05, 4.69) is 27.7 Å². The molecule has 3 atom stereocenters. The number of ether oxygens (including phenoxy) is 1. The standard InChI is InChI=1S/C10H22O2/c1-6-8(4)9(11)10(12-5)7(2)3/h7-11H,6H2,1-5H3. The molecule has 0 spiro atoms. The maximum Gasteiger partial charge on any atom is 0.0855 e. The van der Waals surface area contributed by atoms with Crippen molar-refractivity contribution in [3.05, 3.63) is 0 Å². The van der Waals surface area contributed by atoms with E-state index in [1.807, 2.05) is 0 Å². The molecule has 2 heteroatoms.